The van der Waals surface area contributed by atoms with Gasteiger partial charge in [0.2, 0.25) is 0 Å². The molecule has 0 unspecified atom stereocenters. The molecule has 0 amide bonds. The average Bonchev–Trinajstić information content (AvgIpc) is 2.31. The molecule has 0 saturated heterocycles. The minimum Gasteiger partial charge on any atom is -0.378 e. The van der Waals surface area contributed by atoms with E-state index >= 15 is 0 Å². The second-order valence-corrected chi connectivity index (χ2v) is 3.67. The maximum Gasteiger partial charge on any atom is 0.161 e. The highest BCUT2D eigenvalue weighted by atomic mass is 16.1. The van der Waals surface area contributed by atoms with Gasteiger partial charge in [0.25, 0.3) is 0 Å². The van der Waals surface area contributed by atoms with Crippen LogP contribution in [-0.4, -0.2) is 23.8 Å². The van der Waals surface area contributed by atoms with Crippen LogP contribution in [0.3, 0.4) is 0 Å². The van der Waals surface area contributed by atoms with E-state index in [1.54, 1.807) is 6.08 Å². The number of nitrogens with zero attached hydrogens (tertiary/aromatic N) is 1. The molecule has 0 radical (unpaired) electrons. The summed E-state index contributed by atoms with van der Waals surface area (Å²) in [5, 5.41) is 0. The van der Waals surface area contributed by atoms with Crippen LogP contribution in [0.25, 0.3) is 0 Å². The molecule has 0 spiro atoms. The molecule has 0 aliphatic heterocycles. The van der Waals surface area contributed by atoms with Crippen molar-refractivity contribution in [3.63, 3.8) is 0 Å². The predicted octanol–water partition coefficient (Wildman–Crippen LogP) is 2.65. The van der Waals surface area contributed by atoms with Crippen LogP contribution in [0.1, 0.15) is 19.4 Å². The fourth-order valence-corrected chi connectivity index (χ4v) is 1.48. The van der Waals surface area contributed by atoms with E-state index in [2.05, 4.69) is 18.7 Å². The van der Waals surface area contributed by atoms with Gasteiger partial charge in [0.1, 0.15) is 0 Å². The van der Waals surface area contributed by atoms with Crippen molar-refractivity contribution in [2.45, 2.75) is 20.3 Å². The van der Waals surface area contributed by atoms with Crippen LogP contribution in [0.2, 0.25) is 0 Å². The first-order valence-corrected chi connectivity index (χ1v) is 5.75. The Bertz CT molecular complexity index is 339. The van der Waals surface area contributed by atoms with Crippen molar-refractivity contribution in [3.8, 4) is 0 Å². The Morgan fingerprint density at radius 2 is 1.81 bits per heavy atom. The third kappa shape index (κ3) is 4.30. The molecular weight excluding hydrogens is 198 g/mol. The van der Waals surface area contributed by atoms with Crippen molar-refractivity contribution in [2.75, 3.05) is 13.1 Å². The standard InChI is InChI=1S/C14H19NO/c1-3-15(4-2)11-10-14(16)12-13-8-6-5-7-9-13/h5-11H,3-4,12H2,1-2H3/b11-10+. The second-order valence-electron chi connectivity index (χ2n) is 3.67. The van der Waals surface area contributed by atoms with E-state index < -0.39 is 0 Å². The highest BCUT2D eigenvalue weighted by molar-refractivity contribution is 5.91. The Labute approximate surface area is 97.6 Å². The second kappa shape index (κ2) is 6.83. The van der Waals surface area contributed by atoms with Crippen molar-refractivity contribution < 1.29 is 4.79 Å². The number of allylic oxidation sites excluding steroid dienone is 1. The summed E-state index contributed by atoms with van der Waals surface area (Å²) in [6, 6.07) is 9.82. The van der Waals surface area contributed by atoms with Crippen LogP contribution in [0.5, 0.6) is 0 Å². The third-order valence-electron chi connectivity index (χ3n) is 2.50. The zero-order valence-corrected chi connectivity index (χ0v) is 10.0. The Morgan fingerprint density at radius 3 is 2.38 bits per heavy atom. The molecule has 0 bridgehead atoms. The molecule has 0 N–H and O–H groups in total. The minimum atomic E-state index is 0.151. The van der Waals surface area contributed by atoms with Gasteiger partial charge in [0, 0.05) is 25.7 Å². The van der Waals surface area contributed by atoms with Crippen LogP contribution >= 0.6 is 0 Å². The molecule has 0 aromatic heterocycles. The van der Waals surface area contributed by atoms with Gasteiger partial charge in [-0.05, 0) is 25.5 Å². The monoisotopic (exact) mass is 217 g/mol. The van der Waals surface area contributed by atoms with E-state index in [0.29, 0.717) is 6.42 Å². The van der Waals surface area contributed by atoms with Gasteiger partial charge in [0.05, 0.1) is 0 Å². The molecule has 2 nitrogen and oxygen atoms in total. The molecule has 0 heterocycles. The summed E-state index contributed by atoms with van der Waals surface area (Å²) >= 11 is 0. The van der Waals surface area contributed by atoms with Crippen LogP contribution in [0.4, 0.5) is 0 Å². The number of rotatable bonds is 6. The topological polar surface area (TPSA) is 20.3 Å². The van der Waals surface area contributed by atoms with Gasteiger partial charge in [-0.2, -0.15) is 0 Å². The van der Waals surface area contributed by atoms with Crippen molar-refractivity contribution in [2.24, 2.45) is 0 Å². The largest absolute Gasteiger partial charge is 0.378 e. The van der Waals surface area contributed by atoms with Crippen LogP contribution in [0.15, 0.2) is 42.6 Å². The Morgan fingerprint density at radius 1 is 1.19 bits per heavy atom. The van der Waals surface area contributed by atoms with E-state index in [0.717, 1.165) is 18.7 Å². The molecule has 86 valence electrons. The number of ketones is 1. The van der Waals surface area contributed by atoms with Crippen LogP contribution < -0.4 is 0 Å². The molecule has 1 aromatic carbocycles. The van der Waals surface area contributed by atoms with Crippen molar-refractivity contribution in [1.29, 1.82) is 0 Å². The molecule has 1 rings (SSSR count). The van der Waals surface area contributed by atoms with Gasteiger partial charge in [0.15, 0.2) is 5.78 Å². The number of carbonyl (C=O) groups is 1. The molecule has 16 heavy (non-hydrogen) atoms. The predicted molar refractivity (Wildman–Crippen MR) is 67.2 cm³/mol. The summed E-state index contributed by atoms with van der Waals surface area (Å²) in [6.07, 6.45) is 4.03. The summed E-state index contributed by atoms with van der Waals surface area (Å²) in [7, 11) is 0. The van der Waals surface area contributed by atoms with Gasteiger partial charge < -0.3 is 4.90 Å². The normalized spacial score (nSPS) is 10.6. The summed E-state index contributed by atoms with van der Waals surface area (Å²) in [5.41, 5.74) is 1.07. The van der Waals surface area contributed by atoms with E-state index in [4.69, 9.17) is 0 Å². The lowest BCUT2D eigenvalue weighted by Crippen LogP contribution is -2.16. The summed E-state index contributed by atoms with van der Waals surface area (Å²) in [6.45, 7) is 6.03. The average molecular weight is 217 g/mol. The van der Waals surface area contributed by atoms with Gasteiger partial charge in [-0.25, -0.2) is 0 Å². The van der Waals surface area contributed by atoms with Crippen molar-refractivity contribution >= 4 is 5.78 Å². The van der Waals surface area contributed by atoms with E-state index in [1.807, 2.05) is 36.5 Å². The van der Waals surface area contributed by atoms with Gasteiger partial charge in [-0.15, -0.1) is 0 Å². The number of benzene rings is 1. The molecule has 2 heteroatoms. The molecular formula is C14H19NO. The lowest BCUT2D eigenvalue weighted by atomic mass is 10.1. The Hall–Kier alpha value is -1.57. The number of carbonyl (C=O) groups excluding carboxylic acids is 1. The highest BCUT2D eigenvalue weighted by Crippen LogP contribution is 2.01. The first-order chi connectivity index (χ1) is 7.76. The molecule has 0 atom stereocenters. The first kappa shape index (κ1) is 12.5. The molecule has 0 saturated carbocycles. The molecule has 1 aromatic rings. The number of hydrogen-bond acceptors (Lipinski definition) is 2. The zero-order valence-electron chi connectivity index (χ0n) is 10.0. The fraction of sp³-hybridized carbons (Fsp3) is 0.357. The van der Waals surface area contributed by atoms with E-state index in [9.17, 15) is 4.79 Å². The van der Waals surface area contributed by atoms with Gasteiger partial charge >= 0.3 is 0 Å². The first-order valence-electron chi connectivity index (χ1n) is 5.75. The highest BCUT2D eigenvalue weighted by Gasteiger charge is 1.99. The number of hydrogen-bond donors (Lipinski definition) is 0. The molecule has 0 aliphatic carbocycles. The van der Waals surface area contributed by atoms with Gasteiger partial charge in [-0.1, -0.05) is 30.3 Å². The van der Waals surface area contributed by atoms with E-state index in [-0.39, 0.29) is 5.78 Å². The quantitative estimate of drug-likeness (QED) is 0.683. The van der Waals surface area contributed by atoms with Gasteiger partial charge in [-0.3, -0.25) is 4.79 Å². The Balaban J connectivity index is 2.48. The molecule has 0 aliphatic rings. The maximum absolute atomic E-state index is 11.6. The fourth-order valence-electron chi connectivity index (χ4n) is 1.48. The molecule has 0 fully saturated rings. The Kier molecular flexibility index (Phi) is 5.34. The summed E-state index contributed by atoms with van der Waals surface area (Å²) < 4.78 is 0. The third-order valence-corrected chi connectivity index (χ3v) is 2.50. The lowest BCUT2D eigenvalue weighted by Gasteiger charge is -2.14. The summed E-state index contributed by atoms with van der Waals surface area (Å²) in [4.78, 5) is 13.7. The minimum absolute atomic E-state index is 0.151. The lowest BCUT2D eigenvalue weighted by molar-refractivity contribution is -0.114. The zero-order chi connectivity index (χ0) is 11.8. The van der Waals surface area contributed by atoms with E-state index in [1.165, 1.54) is 0 Å². The summed E-state index contributed by atoms with van der Waals surface area (Å²) in [5.74, 6) is 0.151. The SMILES string of the molecule is CCN(/C=C/C(=O)Cc1ccccc1)CC. The smallest absolute Gasteiger partial charge is 0.161 e. The maximum atomic E-state index is 11.6. The van der Waals surface area contributed by atoms with Crippen LogP contribution in [0, 0.1) is 0 Å². The van der Waals surface area contributed by atoms with Crippen LogP contribution in [-0.2, 0) is 11.2 Å². The van der Waals surface area contributed by atoms with Crippen molar-refractivity contribution in [1.82, 2.24) is 4.90 Å². The van der Waals surface area contributed by atoms with Crippen molar-refractivity contribution in [3.05, 3.63) is 48.2 Å².